The van der Waals surface area contributed by atoms with Crippen LogP contribution in [0.25, 0.3) is 0 Å². The zero-order valence-corrected chi connectivity index (χ0v) is 9.75. The molecule has 0 aliphatic rings. The van der Waals surface area contributed by atoms with E-state index in [1.165, 1.54) is 0 Å². The van der Waals surface area contributed by atoms with Crippen LogP contribution >= 0.6 is 0 Å². The van der Waals surface area contributed by atoms with Crippen molar-refractivity contribution in [2.24, 2.45) is 0 Å². The van der Waals surface area contributed by atoms with E-state index in [1.807, 2.05) is 0 Å². The Hall–Kier alpha value is -0.460. The van der Waals surface area contributed by atoms with E-state index in [1.54, 1.807) is 6.92 Å². The highest BCUT2D eigenvalue weighted by molar-refractivity contribution is 7.80. The van der Waals surface area contributed by atoms with E-state index in [0.717, 1.165) is 25.7 Å². The van der Waals surface area contributed by atoms with Crippen LogP contribution in [0.1, 0.15) is 45.4 Å². The van der Waals surface area contributed by atoms with Crippen molar-refractivity contribution in [3.05, 3.63) is 0 Å². The van der Waals surface area contributed by atoms with E-state index in [-0.39, 0.29) is 12.4 Å². The van der Waals surface area contributed by atoms with Crippen LogP contribution in [0.15, 0.2) is 0 Å². The number of unbranched alkanes of at least 4 members (excludes halogenated alkanes) is 4. The summed E-state index contributed by atoms with van der Waals surface area (Å²) in [7, 11) is -4.28. The van der Waals surface area contributed by atoms with Gasteiger partial charge >= 0.3 is 10.4 Å². The molecule has 0 aromatic rings. The lowest BCUT2D eigenvalue weighted by Gasteiger charge is -2.00. The van der Waals surface area contributed by atoms with Gasteiger partial charge in [0.25, 0.3) is 0 Å². The number of carbonyl (C=O) groups excluding carboxylic acids is 1. The molecule has 0 heterocycles. The molecule has 0 radical (unpaired) electrons. The largest absolute Gasteiger partial charge is 0.397 e. The first-order valence-corrected chi connectivity index (χ1v) is 6.39. The number of hydrogen-bond donors (Lipinski definition) is 1. The molecule has 5 nitrogen and oxygen atoms in total. The lowest BCUT2D eigenvalue weighted by molar-refractivity contribution is -0.117. The fourth-order valence-corrected chi connectivity index (χ4v) is 1.50. The van der Waals surface area contributed by atoms with Crippen molar-refractivity contribution in [3.8, 4) is 0 Å². The lowest BCUT2D eigenvalue weighted by Crippen LogP contribution is -2.04. The highest BCUT2D eigenvalue weighted by atomic mass is 32.3. The minimum absolute atomic E-state index is 0.0194. The Balaban J connectivity index is 3.16. The van der Waals surface area contributed by atoms with Crippen molar-refractivity contribution >= 4 is 16.2 Å². The zero-order chi connectivity index (χ0) is 11.7. The summed E-state index contributed by atoms with van der Waals surface area (Å²) < 4.78 is 32.7. The second-order valence-corrected chi connectivity index (χ2v) is 4.56. The van der Waals surface area contributed by atoms with Crippen LogP contribution in [0.2, 0.25) is 0 Å². The van der Waals surface area contributed by atoms with Gasteiger partial charge < -0.3 is 4.79 Å². The zero-order valence-electron chi connectivity index (χ0n) is 8.94. The van der Waals surface area contributed by atoms with Crippen molar-refractivity contribution in [2.45, 2.75) is 45.4 Å². The maximum absolute atomic E-state index is 10.6. The van der Waals surface area contributed by atoms with Gasteiger partial charge in [-0.2, -0.15) is 8.42 Å². The molecule has 0 bridgehead atoms. The van der Waals surface area contributed by atoms with Crippen molar-refractivity contribution in [2.75, 3.05) is 6.61 Å². The Morgan fingerprint density at radius 3 is 2.20 bits per heavy atom. The first-order valence-electron chi connectivity index (χ1n) is 5.03. The van der Waals surface area contributed by atoms with Crippen LogP contribution in [0.4, 0.5) is 0 Å². The van der Waals surface area contributed by atoms with Gasteiger partial charge in [0.15, 0.2) is 0 Å². The van der Waals surface area contributed by atoms with Crippen molar-refractivity contribution in [1.29, 1.82) is 0 Å². The molecule has 15 heavy (non-hydrogen) atoms. The third-order valence-electron chi connectivity index (χ3n) is 1.91. The monoisotopic (exact) mass is 238 g/mol. The molecular formula is C9H18O5S. The summed E-state index contributed by atoms with van der Waals surface area (Å²) in [5.74, 6) is 0.199. The van der Waals surface area contributed by atoms with E-state index in [2.05, 4.69) is 4.18 Å². The number of ketones is 1. The summed E-state index contributed by atoms with van der Waals surface area (Å²) in [5, 5.41) is 0. The average Bonchev–Trinajstić information content (AvgIpc) is 2.07. The standard InChI is InChI=1S/C9H18O5S/c1-9(10)7-5-3-2-4-6-8-14-15(11,12)13/h2-8H2,1H3,(H,11,12,13). The summed E-state index contributed by atoms with van der Waals surface area (Å²) in [6.07, 6.45) is 4.84. The molecule has 0 unspecified atom stereocenters. The van der Waals surface area contributed by atoms with Crippen molar-refractivity contribution in [3.63, 3.8) is 0 Å². The van der Waals surface area contributed by atoms with Crippen molar-refractivity contribution in [1.82, 2.24) is 0 Å². The third-order valence-corrected chi connectivity index (χ3v) is 2.37. The fraction of sp³-hybridized carbons (Fsp3) is 0.889. The molecule has 90 valence electrons. The predicted octanol–water partition coefficient (Wildman–Crippen LogP) is 1.74. The van der Waals surface area contributed by atoms with E-state index in [4.69, 9.17) is 4.55 Å². The van der Waals surface area contributed by atoms with E-state index in [0.29, 0.717) is 12.8 Å². The molecule has 0 spiro atoms. The fourth-order valence-electron chi connectivity index (χ4n) is 1.17. The van der Waals surface area contributed by atoms with Gasteiger partial charge in [0.05, 0.1) is 6.61 Å². The van der Waals surface area contributed by atoms with Gasteiger partial charge in [0, 0.05) is 6.42 Å². The van der Waals surface area contributed by atoms with Gasteiger partial charge in [-0.15, -0.1) is 0 Å². The van der Waals surface area contributed by atoms with E-state index >= 15 is 0 Å². The van der Waals surface area contributed by atoms with Crippen LogP contribution in [-0.2, 0) is 19.4 Å². The van der Waals surface area contributed by atoms with Gasteiger partial charge in [-0.1, -0.05) is 19.3 Å². The molecule has 0 aliphatic carbocycles. The molecule has 0 saturated carbocycles. The molecule has 0 saturated heterocycles. The maximum Gasteiger partial charge on any atom is 0.397 e. The van der Waals surface area contributed by atoms with Crippen LogP contribution in [0.5, 0.6) is 0 Å². The van der Waals surface area contributed by atoms with Gasteiger partial charge in [-0.3, -0.25) is 4.55 Å². The van der Waals surface area contributed by atoms with Crippen LogP contribution < -0.4 is 0 Å². The molecule has 0 aromatic heterocycles. The SMILES string of the molecule is CC(=O)CCCCCCCOS(=O)(=O)O. The maximum atomic E-state index is 10.6. The Kier molecular flexibility index (Phi) is 7.54. The van der Waals surface area contributed by atoms with E-state index < -0.39 is 10.4 Å². The van der Waals surface area contributed by atoms with Gasteiger partial charge in [-0.25, -0.2) is 4.18 Å². The van der Waals surface area contributed by atoms with Crippen LogP contribution in [-0.4, -0.2) is 25.4 Å². The normalized spacial score (nSPS) is 11.6. The van der Waals surface area contributed by atoms with Crippen LogP contribution in [0, 0.1) is 0 Å². The number of rotatable bonds is 9. The molecule has 0 atom stereocenters. The van der Waals surface area contributed by atoms with Gasteiger partial charge in [0.1, 0.15) is 5.78 Å². The summed E-state index contributed by atoms with van der Waals surface area (Å²) in [4.78, 5) is 10.6. The molecule has 0 aliphatic heterocycles. The quantitative estimate of drug-likeness (QED) is 0.488. The van der Waals surface area contributed by atoms with Crippen LogP contribution in [0.3, 0.4) is 0 Å². The minimum Gasteiger partial charge on any atom is -0.300 e. The second kappa shape index (κ2) is 7.78. The third kappa shape index (κ3) is 13.5. The molecule has 6 heteroatoms. The molecule has 0 amide bonds. The number of carbonyl (C=O) groups is 1. The summed E-state index contributed by atoms with van der Waals surface area (Å²) in [5.41, 5.74) is 0. The molecule has 0 aromatic carbocycles. The predicted molar refractivity (Wildman–Crippen MR) is 55.9 cm³/mol. The van der Waals surface area contributed by atoms with Gasteiger partial charge in [0.2, 0.25) is 0 Å². The summed E-state index contributed by atoms with van der Waals surface area (Å²) >= 11 is 0. The summed E-state index contributed by atoms with van der Waals surface area (Å²) in [6, 6.07) is 0. The average molecular weight is 238 g/mol. The van der Waals surface area contributed by atoms with Crippen molar-refractivity contribution < 1.29 is 21.9 Å². The highest BCUT2D eigenvalue weighted by Crippen LogP contribution is 2.06. The number of Topliss-reactive ketones (excluding diaryl/α,β-unsaturated/α-hetero) is 1. The first-order chi connectivity index (χ1) is 6.92. The molecular weight excluding hydrogens is 220 g/mol. The highest BCUT2D eigenvalue weighted by Gasteiger charge is 2.02. The summed E-state index contributed by atoms with van der Waals surface area (Å²) in [6.45, 7) is 1.59. The number of hydrogen-bond acceptors (Lipinski definition) is 4. The Morgan fingerprint density at radius 2 is 1.67 bits per heavy atom. The first kappa shape index (κ1) is 14.5. The minimum atomic E-state index is -4.28. The smallest absolute Gasteiger partial charge is 0.300 e. The molecule has 0 rings (SSSR count). The Labute approximate surface area is 90.8 Å². The van der Waals surface area contributed by atoms with E-state index in [9.17, 15) is 13.2 Å². The van der Waals surface area contributed by atoms with Gasteiger partial charge in [-0.05, 0) is 19.8 Å². The topological polar surface area (TPSA) is 80.7 Å². The Morgan fingerprint density at radius 1 is 1.13 bits per heavy atom. The molecule has 0 fully saturated rings. The Bertz CT molecular complexity index is 270. The second-order valence-electron chi connectivity index (χ2n) is 3.47. The molecule has 1 N–H and O–H groups in total. The lowest BCUT2D eigenvalue weighted by atomic mass is 10.1.